The molecule has 1 aromatic rings. The molecule has 1 fully saturated rings. The molecular weight excluding hydrogens is 308 g/mol. The minimum absolute atomic E-state index is 0.112. The van der Waals surface area contributed by atoms with Crippen molar-refractivity contribution < 1.29 is 18.5 Å². The summed E-state index contributed by atoms with van der Waals surface area (Å²) in [7, 11) is 1.27. The third kappa shape index (κ3) is 3.77. The minimum atomic E-state index is -0.550. The first-order valence-electron chi connectivity index (χ1n) is 8.08. The van der Waals surface area contributed by atoms with Crippen molar-refractivity contribution in [2.75, 3.05) is 13.6 Å². The van der Waals surface area contributed by atoms with Gasteiger partial charge in [0.15, 0.2) is 5.78 Å². The van der Waals surface area contributed by atoms with Gasteiger partial charge in [-0.05, 0) is 70.9 Å². The largest absolute Gasteiger partial charge is 0.491 e. The fourth-order valence-electron chi connectivity index (χ4n) is 2.57. The minimum Gasteiger partial charge on any atom is -0.400 e. The van der Waals surface area contributed by atoms with Crippen LogP contribution in [-0.2, 0) is 9.31 Å². The third-order valence-electron chi connectivity index (χ3n) is 4.67. The molecule has 2 rings (SSSR count). The highest BCUT2D eigenvalue weighted by Crippen LogP contribution is 2.38. The summed E-state index contributed by atoms with van der Waals surface area (Å²) in [5.74, 6) is -0.497. The van der Waals surface area contributed by atoms with Gasteiger partial charge in [-0.3, -0.25) is 4.79 Å². The Bertz CT molecular complexity index is 654. The average molecular weight is 333 g/mol. The van der Waals surface area contributed by atoms with Gasteiger partial charge in [-0.2, -0.15) is 0 Å². The van der Waals surface area contributed by atoms with Crippen LogP contribution in [0.2, 0.25) is 0 Å². The Morgan fingerprint density at radius 1 is 1.25 bits per heavy atom. The molecule has 1 aromatic carbocycles. The lowest BCUT2D eigenvalue weighted by atomic mass is 9.76. The number of nitrogens with one attached hydrogen (secondary N) is 1. The lowest BCUT2D eigenvalue weighted by Gasteiger charge is -2.32. The number of carbonyl (C=O) groups excluding carboxylic acids is 1. The van der Waals surface area contributed by atoms with E-state index in [-0.39, 0.29) is 11.6 Å². The van der Waals surface area contributed by atoms with E-state index in [0.29, 0.717) is 17.7 Å². The van der Waals surface area contributed by atoms with Crippen LogP contribution in [0.5, 0.6) is 0 Å². The maximum absolute atomic E-state index is 13.7. The van der Waals surface area contributed by atoms with Crippen molar-refractivity contribution in [1.29, 1.82) is 0 Å². The van der Waals surface area contributed by atoms with E-state index in [1.807, 2.05) is 34.7 Å². The highest BCUT2D eigenvalue weighted by atomic mass is 19.1. The zero-order valence-corrected chi connectivity index (χ0v) is 15.2. The zero-order chi connectivity index (χ0) is 18.1. The van der Waals surface area contributed by atoms with Gasteiger partial charge in [0.05, 0.1) is 11.2 Å². The van der Waals surface area contributed by atoms with Gasteiger partial charge in [-0.15, -0.1) is 0 Å². The van der Waals surface area contributed by atoms with E-state index in [1.165, 1.54) is 25.1 Å². The lowest BCUT2D eigenvalue weighted by Crippen LogP contribution is -2.41. The summed E-state index contributed by atoms with van der Waals surface area (Å²) in [6.07, 6.45) is 1.78. The Morgan fingerprint density at radius 3 is 2.33 bits per heavy atom. The molecule has 130 valence electrons. The predicted molar refractivity (Wildman–Crippen MR) is 94.4 cm³/mol. The highest BCUT2D eigenvalue weighted by molar-refractivity contribution is 6.56. The van der Waals surface area contributed by atoms with E-state index in [0.717, 1.165) is 5.47 Å². The van der Waals surface area contributed by atoms with Crippen LogP contribution >= 0.6 is 0 Å². The van der Waals surface area contributed by atoms with Crippen LogP contribution in [-0.4, -0.2) is 37.7 Å². The second kappa shape index (κ2) is 6.79. The van der Waals surface area contributed by atoms with Crippen LogP contribution in [0.4, 0.5) is 4.39 Å². The fourth-order valence-corrected chi connectivity index (χ4v) is 2.57. The standard InChI is InChI=1S/C18H25BFNO3/c1-12(22)16-8-7-15(20)10-13(16)9-14(11-21-6)19-23-17(2,3)18(4,5)24-19/h7-10,21H,11H2,1-6H3. The van der Waals surface area contributed by atoms with Crippen molar-refractivity contribution in [2.45, 2.75) is 45.8 Å². The second-order valence-electron chi connectivity index (χ2n) is 7.13. The summed E-state index contributed by atoms with van der Waals surface area (Å²) in [5.41, 5.74) is 0.888. The van der Waals surface area contributed by atoms with E-state index < -0.39 is 18.3 Å². The van der Waals surface area contributed by atoms with Crippen LogP contribution in [0, 0.1) is 5.82 Å². The number of rotatable bonds is 5. The summed E-state index contributed by atoms with van der Waals surface area (Å²) in [4.78, 5) is 11.8. The molecule has 0 bridgehead atoms. The first-order valence-corrected chi connectivity index (χ1v) is 8.08. The molecule has 0 aliphatic carbocycles. The molecule has 1 heterocycles. The van der Waals surface area contributed by atoms with Crippen molar-refractivity contribution in [1.82, 2.24) is 5.32 Å². The molecule has 0 amide bonds. The summed E-state index contributed by atoms with van der Waals surface area (Å²) >= 11 is 0. The maximum atomic E-state index is 13.7. The number of hydrogen-bond acceptors (Lipinski definition) is 4. The Morgan fingerprint density at radius 2 is 1.83 bits per heavy atom. The summed E-state index contributed by atoms with van der Waals surface area (Å²) in [6.45, 7) is 9.89. The van der Waals surface area contributed by atoms with Crippen molar-refractivity contribution >= 4 is 19.0 Å². The van der Waals surface area contributed by atoms with Gasteiger partial charge in [0.2, 0.25) is 0 Å². The number of ketones is 1. The van der Waals surface area contributed by atoms with Crippen molar-refractivity contribution in [3.63, 3.8) is 0 Å². The maximum Gasteiger partial charge on any atom is 0.491 e. The molecule has 0 radical (unpaired) electrons. The molecule has 1 aliphatic rings. The molecule has 24 heavy (non-hydrogen) atoms. The molecular formula is C18H25BFNO3. The van der Waals surface area contributed by atoms with E-state index in [1.54, 1.807) is 6.08 Å². The summed E-state index contributed by atoms with van der Waals surface area (Å²) in [6, 6.07) is 4.16. The van der Waals surface area contributed by atoms with Gasteiger partial charge in [0.1, 0.15) is 5.82 Å². The first kappa shape index (κ1) is 18.8. The topological polar surface area (TPSA) is 47.6 Å². The highest BCUT2D eigenvalue weighted by Gasteiger charge is 2.52. The smallest absolute Gasteiger partial charge is 0.400 e. The van der Waals surface area contributed by atoms with E-state index >= 15 is 0 Å². The van der Waals surface area contributed by atoms with Crippen LogP contribution in [0.3, 0.4) is 0 Å². The van der Waals surface area contributed by atoms with Gasteiger partial charge in [-0.1, -0.05) is 6.08 Å². The number of likely N-dealkylation sites (N-methyl/N-ethyl adjacent to an activating group) is 1. The Balaban J connectivity index is 2.44. The molecule has 1 N–H and O–H groups in total. The number of Topliss-reactive ketones (excluding diaryl/α,β-unsaturated/α-hetero) is 1. The number of halogens is 1. The van der Waals surface area contributed by atoms with Crippen LogP contribution < -0.4 is 5.32 Å². The zero-order valence-electron chi connectivity index (χ0n) is 15.2. The van der Waals surface area contributed by atoms with Crippen LogP contribution in [0.25, 0.3) is 6.08 Å². The van der Waals surface area contributed by atoms with E-state index in [4.69, 9.17) is 9.31 Å². The third-order valence-corrected chi connectivity index (χ3v) is 4.67. The first-order chi connectivity index (χ1) is 11.1. The van der Waals surface area contributed by atoms with Gasteiger partial charge >= 0.3 is 7.12 Å². The monoisotopic (exact) mass is 333 g/mol. The van der Waals surface area contributed by atoms with Crippen molar-refractivity contribution in [2.24, 2.45) is 0 Å². The van der Waals surface area contributed by atoms with Crippen molar-refractivity contribution in [3.8, 4) is 0 Å². The summed E-state index contributed by atoms with van der Waals surface area (Å²) < 4.78 is 25.8. The lowest BCUT2D eigenvalue weighted by molar-refractivity contribution is 0.00578. The second-order valence-corrected chi connectivity index (χ2v) is 7.13. The van der Waals surface area contributed by atoms with E-state index in [2.05, 4.69) is 5.32 Å². The number of benzene rings is 1. The molecule has 6 heteroatoms. The molecule has 0 aromatic heterocycles. The van der Waals surface area contributed by atoms with E-state index in [9.17, 15) is 9.18 Å². The van der Waals surface area contributed by atoms with Gasteiger partial charge in [0.25, 0.3) is 0 Å². The number of hydrogen-bond donors (Lipinski definition) is 1. The molecule has 1 saturated heterocycles. The number of carbonyl (C=O) groups is 1. The van der Waals surface area contributed by atoms with Gasteiger partial charge in [0, 0.05) is 12.1 Å². The van der Waals surface area contributed by atoms with Gasteiger partial charge < -0.3 is 14.6 Å². The fraction of sp³-hybridized carbons (Fsp3) is 0.500. The predicted octanol–water partition coefficient (Wildman–Crippen LogP) is 3.26. The quantitative estimate of drug-likeness (QED) is 0.664. The molecule has 0 spiro atoms. The molecule has 0 atom stereocenters. The molecule has 4 nitrogen and oxygen atoms in total. The van der Waals surface area contributed by atoms with Crippen molar-refractivity contribution in [3.05, 3.63) is 40.6 Å². The Labute approximate surface area is 143 Å². The SMILES string of the molecule is CNCC(=Cc1cc(F)ccc1C(C)=O)B1OC(C)(C)C(C)(C)O1. The Hall–Kier alpha value is -1.50. The normalized spacial score (nSPS) is 19.6. The summed E-state index contributed by atoms with van der Waals surface area (Å²) in [5, 5.41) is 3.08. The molecule has 0 saturated carbocycles. The Kier molecular flexibility index (Phi) is 5.33. The van der Waals surface area contributed by atoms with Crippen LogP contribution in [0.15, 0.2) is 23.7 Å². The average Bonchev–Trinajstić information content (AvgIpc) is 2.66. The van der Waals surface area contributed by atoms with Gasteiger partial charge in [-0.25, -0.2) is 4.39 Å². The van der Waals surface area contributed by atoms with Crippen LogP contribution in [0.1, 0.15) is 50.5 Å². The molecule has 1 aliphatic heterocycles. The molecule has 0 unspecified atom stereocenters.